The molecular weight excluding hydrogens is 313 g/mol. The number of nitrogens with zero attached hydrogens (tertiary/aromatic N) is 2. The van der Waals surface area contributed by atoms with Crippen molar-refractivity contribution < 1.29 is 9.18 Å². The number of rotatable bonds is 3. The van der Waals surface area contributed by atoms with E-state index in [9.17, 15) is 9.18 Å². The van der Waals surface area contributed by atoms with E-state index < -0.39 is 0 Å². The van der Waals surface area contributed by atoms with E-state index in [1.807, 2.05) is 25.1 Å². The van der Waals surface area contributed by atoms with Gasteiger partial charge in [0.25, 0.3) is 5.91 Å². The van der Waals surface area contributed by atoms with Crippen molar-refractivity contribution >= 4 is 22.9 Å². The summed E-state index contributed by atoms with van der Waals surface area (Å²) in [4.78, 5) is 21.6. The number of hydrogen-bond acceptors (Lipinski definition) is 4. The van der Waals surface area contributed by atoms with Crippen molar-refractivity contribution in [1.29, 1.82) is 0 Å². The molecule has 0 spiro atoms. The molecule has 0 aliphatic heterocycles. The zero-order valence-electron chi connectivity index (χ0n) is 12.6. The first-order valence-corrected chi connectivity index (χ1v) is 7.82. The van der Waals surface area contributed by atoms with Crippen LogP contribution in [0.25, 0.3) is 10.7 Å². The van der Waals surface area contributed by atoms with Crippen LogP contribution < -0.4 is 5.32 Å². The smallest absolute Gasteiger partial charge is 0.267 e. The summed E-state index contributed by atoms with van der Waals surface area (Å²) in [5.41, 5.74) is 2.61. The molecule has 1 N–H and O–H groups in total. The monoisotopic (exact) mass is 327 g/mol. The zero-order valence-corrected chi connectivity index (χ0v) is 13.4. The van der Waals surface area contributed by atoms with E-state index in [0.717, 1.165) is 11.3 Å². The number of thiazole rings is 1. The van der Waals surface area contributed by atoms with Gasteiger partial charge in [0.2, 0.25) is 0 Å². The SMILES string of the molecule is Cc1ccc(F)cc1NC(=O)c1sc(-c2ccccn2)nc1C. The number of carbonyl (C=O) groups is 1. The summed E-state index contributed by atoms with van der Waals surface area (Å²) in [6.45, 7) is 3.59. The molecule has 23 heavy (non-hydrogen) atoms. The fourth-order valence-electron chi connectivity index (χ4n) is 2.11. The number of halogens is 1. The van der Waals surface area contributed by atoms with Gasteiger partial charge in [0.15, 0.2) is 0 Å². The first kappa shape index (κ1) is 15.3. The molecule has 0 bridgehead atoms. The molecule has 2 heterocycles. The lowest BCUT2D eigenvalue weighted by atomic mass is 10.2. The molecule has 116 valence electrons. The Morgan fingerprint density at radius 1 is 1.22 bits per heavy atom. The molecule has 2 aromatic heterocycles. The lowest BCUT2D eigenvalue weighted by Gasteiger charge is -2.07. The molecule has 3 rings (SSSR count). The standard InChI is InChI=1S/C17H14FN3OS/c1-10-6-7-12(18)9-14(10)21-16(22)15-11(2)20-17(23-15)13-5-3-4-8-19-13/h3-9H,1-2H3,(H,21,22). The largest absolute Gasteiger partial charge is 0.321 e. The molecule has 0 aliphatic rings. The summed E-state index contributed by atoms with van der Waals surface area (Å²) in [5.74, 6) is -0.683. The minimum absolute atomic E-state index is 0.295. The van der Waals surface area contributed by atoms with Crippen LogP contribution in [0.1, 0.15) is 20.9 Å². The van der Waals surface area contributed by atoms with Crippen molar-refractivity contribution in [3.05, 3.63) is 64.5 Å². The van der Waals surface area contributed by atoms with Crippen LogP contribution >= 0.6 is 11.3 Å². The zero-order chi connectivity index (χ0) is 16.4. The Bertz CT molecular complexity index is 862. The first-order chi connectivity index (χ1) is 11.0. The summed E-state index contributed by atoms with van der Waals surface area (Å²) in [7, 11) is 0. The van der Waals surface area contributed by atoms with Gasteiger partial charge < -0.3 is 5.32 Å². The second kappa shape index (κ2) is 6.26. The van der Waals surface area contributed by atoms with Gasteiger partial charge in [-0.1, -0.05) is 12.1 Å². The van der Waals surface area contributed by atoms with Crippen LogP contribution in [0.3, 0.4) is 0 Å². The number of aromatic nitrogens is 2. The van der Waals surface area contributed by atoms with Gasteiger partial charge in [-0.25, -0.2) is 9.37 Å². The van der Waals surface area contributed by atoms with E-state index in [4.69, 9.17) is 0 Å². The van der Waals surface area contributed by atoms with Gasteiger partial charge in [0.05, 0.1) is 11.4 Å². The molecule has 0 unspecified atom stereocenters. The van der Waals surface area contributed by atoms with Gasteiger partial charge >= 0.3 is 0 Å². The molecule has 0 saturated carbocycles. The Hall–Kier alpha value is -2.60. The van der Waals surface area contributed by atoms with Gasteiger partial charge in [-0.05, 0) is 43.7 Å². The molecule has 1 aromatic carbocycles. The molecule has 0 fully saturated rings. The Labute approximate surface area is 137 Å². The van der Waals surface area contributed by atoms with Crippen LogP contribution in [-0.2, 0) is 0 Å². The molecule has 0 atom stereocenters. The van der Waals surface area contributed by atoms with Crippen LogP contribution in [0.4, 0.5) is 10.1 Å². The summed E-state index contributed by atoms with van der Waals surface area (Å²) < 4.78 is 13.3. The van der Waals surface area contributed by atoms with Crippen LogP contribution in [0.15, 0.2) is 42.6 Å². The van der Waals surface area contributed by atoms with Crippen LogP contribution in [-0.4, -0.2) is 15.9 Å². The van der Waals surface area contributed by atoms with Crippen molar-refractivity contribution in [3.63, 3.8) is 0 Å². The quantitative estimate of drug-likeness (QED) is 0.784. The van der Waals surface area contributed by atoms with E-state index in [1.54, 1.807) is 19.2 Å². The normalized spacial score (nSPS) is 10.6. The fraction of sp³-hybridized carbons (Fsp3) is 0.118. The van der Waals surface area contributed by atoms with E-state index in [-0.39, 0.29) is 11.7 Å². The van der Waals surface area contributed by atoms with E-state index in [2.05, 4.69) is 15.3 Å². The Morgan fingerprint density at radius 3 is 2.78 bits per heavy atom. The molecule has 0 aliphatic carbocycles. The van der Waals surface area contributed by atoms with Gasteiger partial charge in [-0.3, -0.25) is 9.78 Å². The number of hydrogen-bond donors (Lipinski definition) is 1. The number of benzene rings is 1. The van der Waals surface area contributed by atoms with E-state index in [0.29, 0.717) is 21.3 Å². The fourth-order valence-corrected chi connectivity index (χ4v) is 3.05. The number of pyridine rings is 1. The van der Waals surface area contributed by atoms with Crippen LogP contribution in [0.2, 0.25) is 0 Å². The van der Waals surface area contributed by atoms with Gasteiger partial charge in [-0.2, -0.15) is 0 Å². The highest BCUT2D eigenvalue weighted by atomic mass is 32.1. The van der Waals surface area contributed by atoms with Crippen molar-refractivity contribution in [3.8, 4) is 10.7 Å². The van der Waals surface area contributed by atoms with Crippen LogP contribution in [0.5, 0.6) is 0 Å². The lowest BCUT2D eigenvalue weighted by Crippen LogP contribution is -2.12. The van der Waals surface area contributed by atoms with Gasteiger partial charge in [0, 0.05) is 11.9 Å². The molecule has 0 saturated heterocycles. The number of anilines is 1. The summed E-state index contributed by atoms with van der Waals surface area (Å²) in [5, 5.41) is 3.43. The maximum atomic E-state index is 13.3. The molecule has 6 heteroatoms. The highest BCUT2D eigenvalue weighted by Gasteiger charge is 2.17. The average Bonchev–Trinajstić information content (AvgIpc) is 2.94. The van der Waals surface area contributed by atoms with Crippen molar-refractivity contribution in [1.82, 2.24) is 9.97 Å². The third kappa shape index (κ3) is 3.27. The van der Waals surface area contributed by atoms with Gasteiger partial charge in [-0.15, -0.1) is 11.3 Å². The third-order valence-electron chi connectivity index (χ3n) is 3.33. The maximum absolute atomic E-state index is 13.3. The topological polar surface area (TPSA) is 54.9 Å². The Balaban J connectivity index is 1.88. The maximum Gasteiger partial charge on any atom is 0.267 e. The predicted octanol–water partition coefficient (Wildman–Crippen LogP) is 4.21. The summed E-state index contributed by atoms with van der Waals surface area (Å²) >= 11 is 1.27. The lowest BCUT2D eigenvalue weighted by molar-refractivity contribution is 0.102. The third-order valence-corrected chi connectivity index (χ3v) is 4.51. The highest BCUT2D eigenvalue weighted by molar-refractivity contribution is 7.17. The van der Waals surface area contributed by atoms with Crippen molar-refractivity contribution in [2.75, 3.05) is 5.32 Å². The number of amides is 1. The molecule has 3 aromatic rings. The first-order valence-electron chi connectivity index (χ1n) is 7.01. The van der Waals surface area contributed by atoms with Crippen molar-refractivity contribution in [2.45, 2.75) is 13.8 Å². The molecular formula is C17H14FN3OS. The van der Waals surface area contributed by atoms with Crippen molar-refractivity contribution in [2.24, 2.45) is 0 Å². The second-order valence-electron chi connectivity index (χ2n) is 5.06. The predicted molar refractivity (Wildman–Crippen MR) is 89.2 cm³/mol. The van der Waals surface area contributed by atoms with Gasteiger partial charge in [0.1, 0.15) is 15.7 Å². The molecule has 1 amide bonds. The van der Waals surface area contributed by atoms with E-state index in [1.165, 1.54) is 23.5 Å². The van der Waals surface area contributed by atoms with Crippen LogP contribution in [0, 0.1) is 19.7 Å². The minimum Gasteiger partial charge on any atom is -0.321 e. The number of carbonyl (C=O) groups excluding carboxylic acids is 1. The minimum atomic E-state index is -0.388. The number of aryl methyl sites for hydroxylation is 2. The number of nitrogens with one attached hydrogen (secondary N) is 1. The summed E-state index contributed by atoms with van der Waals surface area (Å²) in [6.07, 6.45) is 1.68. The highest BCUT2D eigenvalue weighted by Crippen LogP contribution is 2.27. The Kier molecular flexibility index (Phi) is 4.16. The molecule has 0 radical (unpaired) electrons. The summed E-state index contributed by atoms with van der Waals surface area (Å²) in [6, 6.07) is 9.84. The van der Waals surface area contributed by atoms with E-state index >= 15 is 0 Å². The Morgan fingerprint density at radius 2 is 2.04 bits per heavy atom. The second-order valence-corrected chi connectivity index (χ2v) is 6.06. The average molecular weight is 327 g/mol. The molecule has 4 nitrogen and oxygen atoms in total.